The van der Waals surface area contributed by atoms with Crippen LogP contribution in [0.3, 0.4) is 0 Å². The Kier molecular flexibility index (Phi) is 6.74. The lowest BCUT2D eigenvalue weighted by Crippen LogP contribution is -2.24. The minimum absolute atomic E-state index is 0.149. The molecule has 0 saturated heterocycles. The fourth-order valence-corrected chi connectivity index (χ4v) is 4.97. The number of carbonyl (C=O) groups is 2. The van der Waals surface area contributed by atoms with Crippen LogP contribution in [0.1, 0.15) is 17.0 Å². The van der Waals surface area contributed by atoms with Crippen LogP contribution >= 0.6 is 34.5 Å². The molecule has 4 rings (SSSR count). The standard InChI is InChI=1S/C24H18Cl2N2O3S/c1-31-19(29)14-28-22-18(13-12-17(25)21(22)26)32-24(28)27-23(30)20(15-8-4-2-5-9-15)16-10-6-3-7-11-16/h2-13,20H,14H2,1H3. The summed E-state index contributed by atoms with van der Waals surface area (Å²) in [6.07, 6.45) is 0. The highest BCUT2D eigenvalue weighted by Gasteiger charge is 2.23. The summed E-state index contributed by atoms with van der Waals surface area (Å²) in [5, 5.41) is 0.640. The van der Waals surface area contributed by atoms with Gasteiger partial charge in [0.15, 0.2) is 4.80 Å². The van der Waals surface area contributed by atoms with Gasteiger partial charge in [-0.3, -0.25) is 9.59 Å². The zero-order chi connectivity index (χ0) is 22.7. The van der Waals surface area contributed by atoms with Crippen molar-refractivity contribution in [2.45, 2.75) is 12.5 Å². The summed E-state index contributed by atoms with van der Waals surface area (Å²) >= 11 is 13.9. The summed E-state index contributed by atoms with van der Waals surface area (Å²) in [6, 6.07) is 22.4. The van der Waals surface area contributed by atoms with Crippen molar-refractivity contribution in [3.05, 3.63) is 98.8 Å². The monoisotopic (exact) mass is 484 g/mol. The number of amides is 1. The Bertz CT molecular complexity index is 1310. The van der Waals surface area contributed by atoms with Crippen LogP contribution in [0.2, 0.25) is 10.0 Å². The van der Waals surface area contributed by atoms with Crippen LogP contribution in [0, 0.1) is 0 Å². The summed E-state index contributed by atoms with van der Waals surface area (Å²) in [5.41, 5.74) is 2.19. The second-order valence-corrected chi connectivity index (χ2v) is 8.75. The van der Waals surface area contributed by atoms with Crippen molar-refractivity contribution in [1.29, 1.82) is 0 Å². The van der Waals surface area contributed by atoms with E-state index in [1.54, 1.807) is 16.7 Å². The second kappa shape index (κ2) is 9.69. The SMILES string of the molecule is COC(=O)Cn1c(=NC(=O)C(c2ccccc2)c2ccccc2)sc2ccc(Cl)c(Cl)c21. The highest BCUT2D eigenvalue weighted by Crippen LogP contribution is 2.32. The highest BCUT2D eigenvalue weighted by molar-refractivity contribution is 7.16. The molecule has 1 amide bonds. The molecule has 162 valence electrons. The number of halogens is 2. The van der Waals surface area contributed by atoms with Crippen molar-refractivity contribution in [2.75, 3.05) is 7.11 Å². The minimum atomic E-state index is -0.590. The first kappa shape index (κ1) is 22.3. The first-order valence-electron chi connectivity index (χ1n) is 9.72. The number of benzene rings is 3. The maximum Gasteiger partial charge on any atom is 0.325 e. The van der Waals surface area contributed by atoms with Gasteiger partial charge in [-0.25, -0.2) is 0 Å². The van der Waals surface area contributed by atoms with Gasteiger partial charge in [0.25, 0.3) is 5.91 Å². The quantitative estimate of drug-likeness (QED) is 0.354. The Morgan fingerprint density at radius 3 is 2.12 bits per heavy atom. The Hall–Kier alpha value is -2.93. The number of methoxy groups -OCH3 is 1. The Morgan fingerprint density at radius 1 is 0.969 bits per heavy atom. The zero-order valence-corrected chi connectivity index (χ0v) is 19.3. The summed E-state index contributed by atoms with van der Waals surface area (Å²) in [4.78, 5) is 30.4. The summed E-state index contributed by atoms with van der Waals surface area (Å²) in [7, 11) is 1.30. The topological polar surface area (TPSA) is 60.7 Å². The van der Waals surface area contributed by atoms with Crippen LogP contribution in [0.5, 0.6) is 0 Å². The van der Waals surface area contributed by atoms with Crippen molar-refractivity contribution in [3.63, 3.8) is 0 Å². The van der Waals surface area contributed by atoms with Gasteiger partial charge in [0, 0.05) is 0 Å². The fraction of sp³-hybridized carbons (Fsp3) is 0.125. The summed E-state index contributed by atoms with van der Waals surface area (Å²) in [6.45, 7) is -0.149. The maximum atomic E-state index is 13.5. The molecule has 0 unspecified atom stereocenters. The predicted molar refractivity (Wildman–Crippen MR) is 127 cm³/mol. The molecular weight excluding hydrogens is 467 g/mol. The molecule has 0 N–H and O–H groups in total. The van der Waals surface area contributed by atoms with E-state index in [0.29, 0.717) is 20.4 Å². The smallest absolute Gasteiger partial charge is 0.325 e. The molecule has 3 aromatic carbocycles. The van der Waals surface area contributed by atoms with Crippen molar-refractivity contribution >= 4 is 56.6 Å². The van der Waals surface area contributed by atoms with E-state index in [9.17, 15) is 9.59 Å². The molecule has 1 heterocycles. The van der Waals surface area contributed by atoms with E-state index in [-0.39, 0.29) is 12.5 Å². The Labute approximate surface area is 198 Å². The molecule has 0 spiro atoms. The number of hydrogen-bond acceptors (Lipinski definition) is 4. The highest BCUT2D eigenvalue weighted by atomic mass is 35.5. The number of esters is 1. The first-order chi connectivity index (χ1) is 15.5. The van der Waals surface area contributed by atoms with E-state index in [4.69, 9.17) is 27.9 Å². The molecule has 5 nitrogen and oxygen atoms in total. The molecule has 8 heteroatoms. The number of hydrogen-bond donors (Lipinski definition) is 0. The molecular formula is C24H18Cl2N2O3S. The third kappa shape index (κ3) is 4.48. The van der Waals surface area contributed by atoms with Crippen molar-refractivity contribution in [1.82, 2.24) is 4.57 Å². The molecule has 4 aromatic rings. The number of ether oxygens (including phenoxy) is 1. The van der Waals surface area contributed by atoms with Gasteiger partial charge >= 0.3 is 5.97 Å². The van der Waals surface area contributed by atoms with E-state index >= 15 is 0 Å². The molecule has 0 saturated carbocycles. The molecule has 32 heavy (non-hydrogen) atoms. The third-order valence-corrected chi connectivity index (χ3v) is 6.81. The van der Waals surface area contributed by atoms with Crippen LogP contribution in [-0.4, -0.2) is 23.6 Å². The van der Waals surface area contributed by atoms with E-state index < -0.39 is 11.9 Å². The zero-order valence-electron chi connectivity index (χ0n) is 17.0. The van der Waals surface area contributed by atoms with Crippen molar-refractivity contribution in [3.8, 4) is 0 Å². The van der Waals surface area contributed by atoms with Crippen LogP contribution in [-0.2, 0) is 20.9 Å². The summed E-state index contributed by atoms with van der Waals surface area (Å²) in [5.74, 6) is -1.43. The lowest BCUT2D eigenvalue weighted by molar-refractivity contribution is -0.141. The Morgan fingerprint density at radius 2 is 1.56 bits per heavy atom. The molecule has 0 atom stereocenters. The van der Waals surface area contributed by atoms with Gasteiger partial charge in [-0.1, -0.05) is 95.2 Å². The van der Waals surface area contributed by atoms with E-state index in [0.717, 1.165) is 15.8 Å². The molecule has 0 aliphatic heterocycles. The second-order valence-electron chi connectivity index (χ2n) is 6.96. The van der Waals surface area contributed by atoms with Crippen LogP contribution in [0.15, 0.2) is 77.8 Å². The van der Waals surface area contributed by atoms with E-state index in [2.05, 4.69) is 4.99 Å². The molecule has 0 aliphatic rings. The molecule has 0 radical (unpaired) electrons. The van der Waals surface area contributed by atoms with Gasteiger partial charge < -0.3 is 9.30 Å². The number of fused-ring (bicyclic) bond motifs is 1. The molecule has 0 fully saturated rings. The van der Waals surface area contributed by atoms with Gasteiger partial charge in [-0.2, -0.15) is 4.99 Å². The van der Waals surface area contributed by atoms with Gasteiger partial charge in [-0.15, -0.1) is 0 Å². The number of rotatable bonds is 5. The van der Waals surface area contributed by atoms with Crippen LogP contribution in [0.25, 0.3) is 10.2 Å². The number of thiazole rings is 1. The van der Waals surface area contributed by atoms with Crippen LogP contribution < -0.4 is 4.80 Å². The lowest BCUT2D eigenvalue weighted by atomic mass is 9.91. The average molecular weight is 485 g/mol. The number of carbonyl (C=O) groups excluding carboxylic acids is 2. The fourth-order valence-electron chi connectivity index (χ4n) is 3.46. The molecule has 0 aliphatic carbocycles. The van der Waals surface area contributed by atoms with Crippen molar-refractivity contribution < 1.29 is 14.3 Å². The largest absolute Gasteiger partial charge is 0.468 e. The van der Waals surface area contributed by atoms with Gasteiger partial charge in [0.05, 0.1) is 33.3 Å². The lowest BCUT2D eigenvalue weighted by Gasteiger charge is -2.14. The Balaban J connectivity index is 1.90. The van der Waals surface area contributed by atoms with Gasteiger partial charge in [0.1, 0.15) is 6.54 Å². The molecule has 1 aromatic heterocycles. The summed E-state index contributed by atoms with van der Waals surface area (Å²) < 4.78 is 7.16. The maximum absolute atomic E-state index is 13.5. The average Bonchev–Trinajstić information content (AvgIpc) is 3.15. The van der Waals surface area contributed by atoms with E-state index in [1.807, 2.05) is 60.7 Å². The van der Waals surface area contributed by atoms with Gasteiger partial charge in [-0.05, 0) is 23.3 Å². The van der Waals surface area contributed by atoms with Crippen molar-refractivity contribution in [2.24, 2.45) is 4.99 Å². The predicted octanol–water partition coefficient (Wildman–Crippen LogP) is 5.44. The van der Waals surface area contributed by atoms with Gasteiger partial charge in [0.2, 0.25) is 0 Å². The number of nitrogens with zero attached hydrogens (tertiary/aromatic N) is 2. The molecule has 0 bridgehead atoms. The minimum Gasteiger partial charge on any atom is -0.468 e. The third-order valence-electron chi connectivity index (χ3n) is 4.97. The number of aromatic nitrogens is 1. The first-order valence-corrected chi connectivity index (χ1v) is 11.3. The van der Waals surface area contributed by atoms with E-state index in [1.165, 1.54) is 18.4 Å². The van der Waals surface area contributed by atoms with Crippen LogP contribution in [0.4, 0.5) is 0 Å². The normalized spacial score (nSPS) is 11.8.